The summed E-state index contributed by atoms with van der Waals surface area (Å²) in [6.45, 7) is 6.19. The van der Waals surface area contributed by atoms with Crippen LogP contribution >= 0.6 is 0 Å². The van der Waals surface area contributed by atoms with Gasteiger partial charge in [0, 0.05) is 42.4 Å². The van der Waals surface area contributed by atoms with Crippen molar-refractivity contribution in [1.82, 2.24) is 9.80 Å². The van der Waals surface area contributed by atoms with E-state index in [1.807, 2.05) is 42.2 Å². The molecular weight excluding hydrogens is 514 g/mol. The highest BCUT2D eigenvalue weighted by Gasteiger charge is 2.25. The zero-order valence-corrected chi connectivity index (χ0v) is 23.5. The van der Waals surface area contributed by atoms with Crippen molar-refractivity contribution in [2.75, 3.05) is 58.3 Å². The number of morpholine rings is 1. The summed E-state index contributed by atoms with van der Waals surface area (Å²) < 4.78 is 40.1. The van der Waals surface area contributed by atoms with Crippen LogP contribution in [-0.4, -0.2) is 77.7 Å². The maximum atomic E-state index is 13.2. The lowest BCUT2D eigenvalue weighted by Crippen LogP contribution is -2.40. The smallest absolute Gasteiger partial charge is 0.261 e. The Balaban J connectivity index is 1.32. The third-order valence-corrected chi connectivity index (χ3v) is 8.96. The molecule has 2 aliphatic rings. The fourth-order valence-corrected chi connectivity index (χ4v) is 6.45. The molecule has 0 bridgehead atoms. The zero-order valence-electron chi connectivity index (χ0n) is 22.6. The molecule has 1 atom stereocenters. The van der Waals surface area contributed by atoms with Crippen molar-refractivity contribution >= 4 is 21.6 Å². The molecule has 9 heteroatoms. The second-order valence-corrected chi connectivity index (χ2v) is 12.0. The Morgan fingerprint density at radius 1 is 1.00 bits per heavy atom. The van der Waals surface area contributed by atoms with Crippen molar-refractivity contribution in [1.29, 1.82) is 0 Å². The zero-order chi connectivity index (χ0) is 27.6. The van der Waals surface area contributed by atoms with Gasteiger partial charge in [0.25, 0.3) is 15.9 Å². The maximum absolute atomic E-state index is 13.2. The van der Waals surface area contributed by atoms with E-state index >= 15 is 0 Å². The second-order valence-electron chi connectivity index (χ2n) is 10.3. The number of nitrogens with one attached hydrogen (secondary N) is 1. The van der Waals surface area contributed by atoms with Gasteiger partial charge in [-0.3, -0.25) is 9.52 Å². The predicted molar refractivity (Wildman–Crippen MR) is 152 cm³/mol. The van der Waals surface area contributed by atoms with Crippen LogP contribution in [0.15, 0.2) is 65.6 Å². The van der Waals surface area contributed by atoms with Crippen LogP contribution in [0.2, 0.25) is 0 Å². The Morgan fingerprint density at radius 3 is 2.38 bits per heavy atom. The van der Waals surface area contributed by atoms with E-state index in [-0.39, 0.29) is 10.8 Å². The van der Waals surface area contributed by atoms with Gasteiger partial charge in [0.2, 0.25) is 0 Å². The summed E-state index contributed by atoms with van der Waals surface area (Å²) in [4.78, 5) is 17.1. The number of amides is 1. The van der Waals surface area contributed by atoms with E-state index in [4.69, 9.17) is 9.47 Å². The van der Waals surface area contributed by atoms with Crippen LogP contribution in [0.1, 0.15) is 33.8 Å². The van der Waals surface area contributed by atoms with Gasteiger partial charge in [-0.15, -0.1) is 0 Å². The number of benzene rings is 3. The maximum Gasteiger partial charge on any atom is 0.261 e. The molecule has 0 spiro atoms. The monoisotopic (exact) mass is 549 g/mol. The first-order chi connectivity index (χ1) is 18.7. The van der Waals surface area contributed by atoms with E-state index in [9.17, 15) is 13.2 Å². The van der Waals surface area contributed by atoms with Crippen molar-refractivity contribution < 1.29 is 22.7 Å². The molecule has 1 amide bonds. The van der Waals surface area contributed by atoms with Crippen LogP contribution in [-0.2, 0) is 14.8 Å². The van der Waals surface area contributed by atoms with Gasteiger partial charge in [-0.05, 0) is 86.1 Å². The number of carbonyl (C=O) groups is 1. The lowest BCUT2D eigenvalue weighted by molar-refractivity contribution is 0.0303. The quantitative estimate of drug-likeness (QED) is 0.471. The Labute approximate surface area is 230 Å². The molecule has 1 unspecified atom stereocenters. The van der Waals surface area contributed by atoms with Crippen LogP contribution in [0.3, 0.4) is 0 Å². The van der Waals surface area contributed by atoms with E-state index < -0.39 is 10.0 Å². The minimum Gasteiger partial charge on any atom is -0.496 e. The minimum atomic E-state index is -3.79. The lowest BCUT2D eigenvalue weighted by atomic mass is 9.97. The second kappa shape index (κ2) is 11.4. The van der Waals surface area contributed by atoms with Crippen LogP contribution < -0.4 is 9.46 Å². The van der Waals surface area contributed by atoms with Crippen molar-refractivity contribution in [3.8, 4) is 16.9 Å². The van der Waals surface area contributed by atoms with E-state index in [1.54, 1.807) is 37.4 Å². The lowest BCUT2D eigenvalue weighted by Gasteiger charge is -2.27. The number of rotatable bonds is 7. The first kappa shape index (κ1) is 27.2. The Morgan fingerprint density at radius 2 is 1.74 bits per heavy atom. The number of likely N-dealkylation sites (tertiary alicyclic amines) is 1. The molecule has 3 aromatic rings. The highest BCUT2D eigenvalue weighted by molar-refractivity contribution is 7.92. The molecule has 1 N–H and O–H groups in total. The Bertz CT molecular complexity index is 1450. The molecule has 0 aromatic heterocycles. The number of anilines is 1. The molecule has 206 valence electrons. The van der Waals surface area contributed by atoms with Crippen LogP contribution in [0.4, 0.5) is 5.69 Å². The van der Waals surface area contributed by atoms with Gasteiger partial charge in [0.15, 0.2) is 0 Å². The fourth-order valence-electron chi connectivity index (χ4n) is 5.40. The normalized spacial score (nSPS) is 18.2. The van der Waals surface area contributed by atoms with Gasteiger partial charge < -0.3 is 19.3 Å². The highest BCUT2D eigenvalue weighted by atomic mass is 32.2. The van der Waals surface area contributed by atoms with Crippen molar-refractivity contribution in [3.63, 3.8) is 0 Å². The number of aryl methyl sites for hydroxylation is 1. The number of nitrogens with zero attached hydrogens (tertiary/aromatic N) is 2. The van der Waals surface area contributed by atoms with Gasteiger partial charge in [-0.2, -0.15) is 0 Å². The third kappa shape index (κ3) is 5.95. The molecule has 3 aromatic carbocycles. The predicted octanol–water partition coefficient (Wildman–Crippen LogP) is 4.36. The van der Waals surface area contributed by atoms with Crippen molar-refractivity contribution in [2.45, 2.75) is 24.2 Å². The molecule has 2 saturated heterocycles. The Hall–Kier alpha value is -3.40. The summed E-state index contributed by atoms with van der Waals surface area (Å²) in [5, 5.41) is 0. The first-order valence-corrected chi connectivity index (χ1v) is 14.7. The van der Waals surface area contributed by atoms with Gasteiger partial charge in [0.05, 0.1) is 25.2 Å². The number of carbonyl (C=O) groups excluding carboxylic acids is 1. The number of hydrogen-bond donors (Lipinski definition) is 1. The molecule has 2 fully saturated rings. The van der Waals surface area contributed by atoms with E-state index in [0.29, 0.717) is 43.5 Å². The standard InChI is InChI=1S/C30H35N3O5S/c1-21-18-23(30(34)33-14-16-38-17-15-33)6-10-27(21)22-4-8-26(9-5-22)39(35,36)31-25-7-11-29(37-3)28(19-25)24-12-13-32(2)20-24/h4-11,18-19,24,31H,12-17,20H2,1-3H3. The van der Waals surface area contributed by atoms with Gasteiger partial charge in [0.1, 0.15) is 5.75 Å². The average Bonchev–Trinajstić information content (AvgIpc) is 3.39. The number of ether oxygens (including phenoxy) is 2. The van der Waals surface area contributed by atoms with Gasteiger partial charge >= 0.3 is 0 Å². The summed E-state index contributed by atoms with van der Waals surface area (Å²) >= 11 is 0. The van der Waals surface area contributed by atoms with Crippen LogP contribution in [0, 0.1) is 6.92 Å². The van der Waals surface area contributed by atoms with E-state index in [0.717, 1.165) is 47.5 Å². The number of methoxy groups -OCH3 is 1. The number of sulfonamides is 1. The number of likely N-dealkylation sites (N-methyl/N-ethyl adjacent to an activating group) is 1. The number of hydrogen-bond acceptors (Lipinski definition) is 6. The molecular formula is C30H35N3O5S. The van der Waals surface area contributed by atoms with Crippen LogP contribution in [0.5, 0.6) is 5.75 Å². The van der Waals surface area contributed by atoms with Crippen molar-refractivity contribution in [2.24, 2.45) is 0 Å². The summed E-state index contributed by atoms with van der Waals surface area (Å²) in [7, 11) is -0.0592. The molecule has 0 aliphatic carbocycles. The van der Waals surface area contributed by atoms with Gasteiger partial charge in [-0.25, -0.2) is 8.42 Å². The van der Waals surface area contributed by atoms with E-state index in [2.05, 4.69) is 16.7 Å². The molecule has 8 nitrogen and oxygen atoms in total. The molecule has 2 aliphatic heterocycles. The third-order valence-electron chi connectivity index (χ3n) is 7.56. The summed E-state index contributed by atoms with van der Waals surface area (Å²) in [5.41, 5.74) is 4.96. The fraction of sp³-hybridized carbons (Fsp3) is 0.367. The summed E-state index contributed by atoms with van der Waals surface area (Å²) in [5.74, 6) is 1.07. The van der Waals surface area contributed by atoms with Crippen molar-refractivity contribution in [3.05, 3.63) is 77.4 Å². The molecule has 2 heterocycles. The SMILES string of the molecule is COc1ccc(NS(=O)(=O)c2ccc(-c3ccc(C(=O)N4CCOCC4)cc3C)cc2)cc1C1CCN(C)C1. The van der Waals surface area contributed by atoms with E-state index in [1.165, 1.54) is 0 Å². The Kier molecular flexibility index (Phi) is 7.93. The van der Waals surface area contributed by atoms with Crippen LogP contribution in [0.25, 0.3) is 11.1 Å². The molecule has 0 radical (unpaired) electrons. The highest BCUT2D eigenvalue weighted by Crippen LogP contribution is 2.35. The minimum absolute atomic E-state index is 0.00195. The molecule has 0 saturated carbocycles. The molecule has 39 heavy (non-hydrogen) atoms. The first-order valence-electron chi connectivity index (χ1n) is 13.2. The summed E-state index contributed by atoms with van der Waals surface area (Å²) in [6.07, 6.45) is 1.01. The summed E-state index contributed by atoms with van der Waals surface area (Å²) in [6, 6.07) is 17.9. The average molecular weight is 550 g/mol. The largest absolute Gasteiger partial charge is 0.496 e. The van der Waals surface area contributed by atoms with Gasteiger partial charge in [-0.1, -0.05) is 18.2 Å². The topological polar surface area (TPSA) is 88.2 Å². The molecule has 5 rings (SSSR count).